The largest absolute Gasteiger partial charge is 0.507 e. The Hall–Kier alpha value is -2.42. The number of carbonyl (C=O) groups excluding carboxylic acids is 1. The van der Waals surface area contributed by atoms with E-state index in [0.29, 0.717) is 16.3 Å². The monoisotopic (exact) mass is 395 g/mol. The molecule has 138 valence electrons. The van der Waals surface area contributed by atoms with Crippen LogP contribution < -0.4 is 5.43 Å². The van der Waals surface area contributed by atoms with Crippen LogP contribution in [0.5, 0.6) is 5.75 Å². The van der Waals surface area contributed by atoms with Crippen molar-refractivity contribution in [3.05, 3.63) is 58.6 Å². The maximum Gasteiger partial charge on any atom is 0.275 e. The molecule has 0 unspecified atom stereocenters. The summed E-state index contributed by atoms with van der Waals surface area (Å²) in [6, 6.07) is 10.2. The van der Waals surface area contributed by atoms with Crippen LogP contribution in [-0.4, -0.2) is 43.5 Å². The number of hydrogen-bond acceptors (Lipinski definition) is 5. The lowest BCUT2D eigenvalue weighted by Crippen LogP contribution is -2.22. The molecule has 0 saturated carbocycles. The van der Waals surface area contributed by atoms with Gasteiger partial charge in [0.2, 0.25) is 10.0 Å². The van der Waals surface area contributed by atoms with Gasteiger partial charge in [-0.05, 0) is 42.8 Å². The summed E-state index contributed by atoms with van der Waals surface area (Å²) in [6.07, 6.45) is 0. The summed E-state index contributed by atoms with van der Waals surface area (Å²) in [6.45, 7) is 1.66. The Labute approximate surface area is 157 Å². The summed E-state index contributed by atoms with van der Waals surface area (Å²) in [5.74, 6) is -0.825. The van der Waals surface area contributed by atoms with E-state index in [1.54, 1.807) is 19.1 Å². The van der Waals surface area contributed by atoms with Crippen molar-refractivity contribution in [2.75, 3.05) is 14.1 Å². The first-order valence-electron chi connectivity index (χ1n) is 7.49. The van der Waals surface area contributed by atoms with Crippen LogP contribution in [-0.2, 0) is 10.0 Å². The zero-order valence-corrected chi connectivity index (χ0v) is 16.0. The molecule has 2 rings (SSSR count). The molecule has 0 saturated heterocycles. The van der Waals surface area contributed by atoms with E-state index in [-0.39, 0.29) is 16.2 Å². The van der Waals surface area contributed by atoms with Crippen molar-refractivity contribution < 1.29 is 18.3 Å². The number of halogens is 1. The predicted octanol–water partition coefficient (Wildman–Crippen LogP) is 2.45. The molecule has 0 aliphatic rings. The van der Waals surface area contributed by atoms with Crippen LogP contribution in [0.25, 0.3) is 0 Å². The highest BCUT2D eigenvalue weighted by Gasteiger charge is 2.17. The SMILES string of the molecule is C/C(=N/NC(=O)c1cc(Cl)ccc1O)c1ccc(S(=O)(=O)N(C)C)cc1. The van der Waals surface area contributed by atoms with E-state index in [4.69, 9.17) is 11.6 Å². The molecule has 0 bridgehead atoms. The van der Waals surface area contributed by atoms with Crippen LogP contribution in [0.3, 0.4) is 0 Å². The highest BCUT2D eigenvalue weighted by atomic mass is 35.5. The van der Waals surface area contributed by atoms with E-state index in [1.165, 1.54) is 44.4 Å². The molecular formula is C17H18ClN3O4S. The number of hydrogen-bond donors (Lipinski definition) is 2. The number of carbonyl (C=O) groups is 1. The molecular weight excluding hydrogens is 378 g/mol. The third-order valence-corrected chi connectivity index (χ3v) is 5.64. The molecule has 0 aliphatic carbocycles. The normalized spacial score (nSPS) is 12.3. The molecule has 0 radical (unpaired) electrons. The van der Waals surface area contributed by atoms with E-state index in [2.05, 4.69) is 10.5 Å². The van der Waals surface area contributed by atoms with Gasteiger partial charge in [-0.1, -0.05) is 23.7 Å². The Morgan fingerprint density at radius 3 is 2.35 bits per heavy atom. The number of amides is 1. The third-order valence-electron chi connectivity index (χ3n) is 3.58. The number of hydrazone groups is 1. The second kappa shape index (κ2) is 7.86. The fourth-order valence-corrected chi connectivity index (χ4v) is 3.10. The van der Waals surface area contributed by atoms with Crippen molar-refractivity contribution in [1.29, 1.82) is 0 Å². The van der Waals surface area contributed by atoms with Crippen molar-refractivity contribution in [2.45, 2.75) is 11.8 Å². The summed E-state index contributed by atoms with van der Waals surface area (Å²) >= 11 is 5.81. The topological polar surface area (TPSA) is 99.1 Å². The first kappa shape index (κ1) is 19.9. The number of phenols is 1. The van der Waals surface area contributed by atoms with Gasteiger partial charge in [0.25, 0.3) is 5.91 Å². The van der Waals surface area contributed by atoms with Gasteiger partial charge in [0, 0.05) is 19.1 Å². The lowest BCUT2D eigenvalue weighted by molar-refractivity contribution is 0.0952. The number of benzene rings is 2. The molecule has 7 nitrogen and oxygen atoms in total. The van der Waals surface area contributed by atoms with E-state index in [1.807, 2.05) is 0 Å². The molecule has 0 aliphatic heterocycles. The molecule has 26 heavy (non-hydrogen) atoms. The average molecular weight is 396 g/mol. The van der Waals surface area contributed by atoms with Crippen LogP contribution in [0, 0.1) is 0 Å². The second-order valence-electron chi connectivity index (χ2n) is 5.61. The van der Waals surface area contributed by atoms with Crippen molar-refractivity contribution in [2.24, 2.45) is 5.10 Å². The highest BCUT2D eigenvalue weighted by molar-refractivity contribution is 7.89. The molecule has 0 spiro atoms. The van der Waals surface area contributed by atoms with E-state index < -0.39 is 15.9 Å². The minimum Gasteiger partial charge on any atom is -0.507 e. The Kier molecular flexibility index (Phi) is 6.01. The number of rotatable bonds is 5. The van der Waals surface area contributed by atoms with Gasteiger partial charge in [-0.25, -0.2) is 18.1 Å². The van der Waals surface area contributed by atoms with Crippen LogP contribution in [0.4, 0.5) is 0 Å². The number of phenolic OH excluding ortho intramolecular Hbond substituents is 1. The first-order chi connectivity index (χ1) is 12.1. The lowest BCUT2D eigenvalue weighted by Gasteiger charge is -2.11. The summed E-state index contributed by atoms with van der Waals surface area (Å²) in [4.78, 5) is 12.3. The summed E-state index contributed by atoms with van der Waals surface area (Å²) in [7, 11) is -0.596. The fraction of sp³-hybridized carbons (Fsp3) is 0.176. The molecule has 2 aromatic rings. The van der Waals surface area contributed by atoms with Gasteiger partial charge in [-0.15, -0.1) is 0 Å². The quantitative estimate of drug-likeness (QED) is 0.600. The van der Waals surface area contributed by atoms with E-state index in [9.17, 15) is 18.3 Å². The summed E-state index contributed by atoms with van der Waals surface area (Å²) in [5, 5.41) is 14.0. The molecule has 2 aromatic carbocycles. The van der Waals surface area contributed by atoms with Gasteiger partial charge in [0.05, 0.1) is 16.2 Å². The highest BCUT2D eigenvalue weighted by Crippen LogP contribution is 2.21. The van der Waals surface area contributed by atoms with Gasteiger partial charge < -0.3 is 5.11 Å². The van der Waals surface area contributed by atoms with Crippen molar-refractivity contribution in [3.63, 3.8) is 0 Å². The fourth-order valence-electron chi connectivity index (χ4n) is 2.03. The Morgan fingerprint density at radius 2 is 1.77 bits per heavy atom. The lowest BCUT2D eigenvalue weighted by atomic mass is 10.1. The first-order valence-corrected chi connectivity index (χ1v) is 9.31. The van der Waals surface area contributed by atoms with E-state index in [0.717, 1.165) is 4.31 Å². The minimum absolute atomic E-state index is 0.00137. The van der Waals surface area contributed by atoms with Gasteiger partial charge >= 0.3 is 0 Å². The maximum atomic E-state index is 12.1. The average Bonchev–Trinajstić information content (AvgIpc) is 2.61. The Balaban J connectivity index is 2.17. The van der Waals surface area contributed by atoms with Crippen LogP contribution in [0.2, 0.25) is 5.02 Å². The summed E-state index contributed by atoms with van der Waals surface area (Å²) < 4.78 is 25.2. The van der Waals surface area contributed by atoms with Crippen molar-refractivity contribution in [3.8, 4) is 5.75 Å². The minimum atomic E-state index is -3.51. The Morgan fingerprint density at radius 1 is 1.15 bits per heavy atom. The predicted molar refractivity (Wildman–Crippen MR) is 100 cm³/mol. The maximum absolute atomic E-state index is 12.1. The van der Waals surface area contributed by atoms with Crippen LogP contribution >= 0.6 is 11.6 Å². The molecule has 0 atom stereocenters. The van der Waals surface area contributed by atoms with Gasteiger partial charge in [-0.2, -0.15) is 5.10 Å². The molecule has 0 fully saturated rings. The number of nitrogens with one attached hydrogen (secondary N) is 1. The van der Waals surface area contributed by atoms with Crippen molar-refractivity contribution >= 4 is 33.2 Å². The zero-order valence-electron chi connectivity index (χ0n) is 14.4. The number of nitrogens with zero attached hydrogens (tertiary/aromatic N) is 2. The molecule has 9 heteroatoms. The smallest absolute Gasteiger partial charge is 0.275 e. The summed E-state index contributed by atoms with van der Waals surface area (Å²) in [5.41, 5.74) is 3.44. The molecule has 0 aromatic heterocycles. The number of aromatic hydroxyl groups is 1. The molecule has 1 amide bonds. The van der Waals surface area contributed by atoms with Gasteiger partial charge in [0.1, 0.15) is 5.75 Å². The standard InChI is InChI=1S/C17H18ClN3O4S/c1-11(12-4-7-14(8-5-12)26(24,25)21(2)3)19-20-17(23)15-10-13(18)6-9-16(15)22/h4-10,22H,1-3H3,(H,20,23)/b19-11-. The van der Waals surface area contributed by atoms with Gasteiger partial charge in [-0.3, -0.25) is 4.79 Å². The van der Waals surface area contributed by atoms with Gasteiger partial charge in [0.15, 0.2) is 0 Å². The van der Waals surface area contributed by atoms with E-state index >= 15 is 0 Å². The molecule has 2 N–H and O–H groups in total. The van der Waals surface area contributed by atoms with Crippen molar-refractivity contribution in [1.82, 2.24) is 9.73 Å². The molecule has 0 heterocycles. The zero-order chi connectivity index (χ0) is 19.5. The van der Waals surface area contributed by atoms with Crippen LogP contribution in [0.15, 0.2) is 52.5 Å². The number of sulfonamides is 1. The van der Waals surface area contributed by atoms with Crippen LogP contribution in [0.1, 0.15) is 22.8 Å². The third kappa shape index (κ3) is 4.40. The Bertz CT molecular complexity index is 954. The second-order valence-corrected chi connectivity index (χ2v) is 8.20.